The highest BCUT2D eigenvalue weighted by Gasteiger charge is 2.83. The number of aliphatic hydroxyl groups is 3. The van der Waals surface area contributed by atoms with E-state index in [0.29, 0.717) is 18.1 Å². The number of aliphatic carboxylic acids is 1. The van der Waals surface area contributed by atoms with Gasteiger partial charge in [-0.15, -0.1) is 0 Å². The predicted octanol–water partition coefficient (Wildman–Crippen LogP) is 2.82. The molecule has 0 radical (unpaired) electrons. The molecule has 15 nitrogen and oxygen atoms in total. The Labute approximate surface area is 314 Å². The molecule has 2 unspecified atom stereocenters. The number of fused-ring (bicyclic) bond motifs is 1. The van der Waals surface area contributed by atoms with Gasteiger partial charge in [0, 0.05) is 29.9 Å². The average molecular weight is 760 g/mol. The van der Waals surface area contributed by atoms with Gasteiger partial charge in [-0.1, -0.05) is 49.4 Å². The van der Waals surface area contributed by atoms with Crippen molar-refractivity contribution >= 4 is 29.7 Å². The molecule has 2 heterocycles. The van der Waals surface area contributed by atoms with Crippen molar-refractivity contribution in [2.45, 2.75) is 54.8 Å². The lowest BCUT2D eigenvalue weighted by atomic mass is 9.49. The molecular weight excluding hydrogens is 718 g/mol. The first-order valence-electron chi connectivity index (χ1n) is 17.4. The van der Waals surface area contributed by atoms with E-state index in [9.17, 15) is 55.2 Å². The highest BCUT2D eigenvalue weighted by Crippen LogP contribution is 2.62. The summed E-state index contributed by atoms with van der Waals surface area (Å²) < 4.78 is 18.6. The number of likely N-dealkylation sites (N-methyl/N-ethyl adjacent to an activating group) is 1. The summed E-state index contributed by atoms with van der Waals surface area (Å²) in [5, 5.41) is 88.9. The smallest absolute Gasteiger partial charge is 0.336 e. The van der Waals surface area contributed by atoms with Gasteiger partial charge in [0.05, 0.1) is 12.7 Å². The maximum absolute atomic E-state index is 14.0. The molecule has 1 spiro atoms. The van der Waals surface area contributed by atoms with Crippen molar-refractivity contribution in [3.05, 3.63) is 107 Å². The lowest BCUT2D eigenvalue weighted by Crippen LogP contribution is -2.90. The number of carboxylic acid groups (broad SMARTS) is 1. The van der Waals surface area contributed by atoms with Crippen molar-refractivity contribution in [2.24, 2.45) is 11.8 Å². The first-order valence-corrected chi connectivity index (χ1v) is 17.4. The van der Waals surface area contributed by atoms with Crippen molar-refractivity contribution in [2.75, 3.05) is 13.7 Å². The number of rotatable bonds is 11. The fourth-order valence-electron chi connectivity index (χ4n) is 8.00. The van der Waals surface area contributed by atoms with E-state index in [1.165, 1.54) is 49.5 Å². The third kappa shape index (κ3) is 6.54. The van der Waals surface area contributed by atoms with Crippen molar-refractivity contribution in [1.29, 1.82) is 0 Å². The molecular formula is C40H41NO14. The minimum absolute atomic E-state index is 0.122. The van der Waals surface area contributed by atoms with Gasteiger partial charge in [0.1, 0.15) is 11.4 Å². The summed E-state index contributed by atoms with van der Waals surface area (Å²) >= 11 is 0. The maximum atomic E-state index is 14.0. The zero-order valence-corrected chi connectivity index (χ0v) is 29.7. The number of hydrogen-bond acceptors (Lipinski definition) is 14. The number of hydrogen-bond donors (Lipinski definition) is 9. The van der Waals surface area contributed by atoms with E-state index >= 15 is 0 Å². The Morgan fingerprint density at radius 2 is 1.60 bits per heavy atom. The molecule has 2 aliphatic carbocycles. The molecule has 2 fully saturated rings. The van der Waals surface area contributed by atoms with Crippen LogP contribution in [0.3, 0.4) is 0 Å². The van der Waals surface area contributed by atoms with Crippen LogP contribution >= 0.6 is 0 Å². The van der Waals surface area contributed by atoms with Crippen LogP contribution in [-0.4, -0.2) is 101 Å². The Morgan fingerprint density at radius 1 is 0.909 bits per heavy atom. The number of carboxylic acids is 1. The third-order valence-electron chi connectivity index (χ3n) is 10.8. The van der Waals surface area contributed by atoms with Crippen molar-refractivity contribution in [3.8, 4) is 23.0 Å². The Bertz CT molecular complexity index is 2110. The molecule has 7 atom stereocenters. The molecule has 9 N–H and O–H groups in total. The number of carbonyl (C=O) groups is 3. The number of aliphatic hydroxyl groups excluding tert-OH is 1. The van der Waals surface area contributed by atoms with Crippen molar-refractivity contribution in [1.82, 2.24) is 5.32 Å². The highest BCUT2D eigenvalue weighted by molar-refractivity contribution is 5.91. The van der Waals surface area contributed by atoms with Gasteiger partial charge in [0.25, 0.3) is 0 Å². The van der Waals surface area contributed by atoms with Crippen LogP contribution in [0.15, 0.2) is 85.0 Å². The van der Waals surface area contributed by atoms with E-state index in [4.69, 9.17) is 14.2 Å². The standard InChI is InChI=1S/C40H41NO14/c1-3-22-5-4-6-24(15-22)16-27-35(54-34(48)19-30(44)25-9-11-29(43)32(46)18-25)39(55-33(47)12-8-23-7-10-28(42)31(45)17-23)37(21-38(27,51)36(49)50)14-13-26(20-53-37)40(39,52)41-2/h4-15,17-19,26-27,35,41-46,51-52H,3,16,20-21H2,1-2H3,(H,49,50)/b12-8+,30-19-/t26?,27-,35+,37?,38+,39+,40+/m0/s1. The van der Waals surface area contributed by atoms with E-state index in [1.807, 2.05) is 13.0 Å². The highest BCUT2D eigenvalue weighted by atomic mass is 16.6. The third-order valence-corrected chi connectivity index (χ3v) is 10.8. The van der Waals surface area contributed by atoms with Crippen LogP contribution in [0, 0.1) is 11.8 Å². The number of phenolic OH excluding ortho intramolecular Hbond substituents is 4. The second-order valence-electron chi connectivity index (χ2n) is 13.9. The monoisotopic (exact) mass is 759 g/mol. The van der Waals surface area contributed by atoms with Crippen LogP contribution < -0.4 is 5.32 Å². The second kappa shape index (κ2) is 14.4. The molecule has 0 amide bonds. The van der Waals surface area contributed by atoms with Crippen LogP contribution in [0.1, 0.15) is 35.6 Å². The fraction of sp³-hybridized carbons (Fsp3) is 0.325. The van der Waals surface area contributed by atoms with Crippen LogP contribution in [0.25, 0.3) is 11.8 Å². The average Bonchev–Trinajstić information content (AvgIpc) is 3.15. The number of aromatic hydroxyl groups is 4. The van der Waals surface area contributed by atoms with Gasteiger partial charge in [-0.25, -0.2) is 14.4 Å². The van der Waals surface area contributed by atoms with E-state index in [1.54, 1.807) is 18.2 Å². The lowest BCUT2D eigenvalue weighted by Gasteiger charge is -2.68. The summed E-state index contributed by atoms with van der Waals surface area (Å²) in [6.45, 7) is 1.67. The molecule has 1 saturated carbocycles. The number of phenols is 4. The fourth-order valence-corrected chi connectivity index (χ4v) is 8.00. The first-order chi connectivity index (χ1) is 26.0. The van der Waals surface area contributed by atoms with Crippen LogP contribution in [0.4, 0.5) is 0 Å². The van der Waals surface area contributed by atoms with Crippen LogP contribution in [-0.2, 0) is 41.4 Å². The van der Waals surface area contributed by atoms with Gasteiger partial charge in [0.2, 0.25) is 5.60 Å². The van der Waals surface area contributed by atoms with E-state index in [2.05, 4.69) is 5.32 Å². The topological polar surface area (TPSA) is 253 Å². The summed E-state index contributed by atoms with van der Waals surface area (Å²) in [5.41, 5.74) is -8.32. The zero-order valence-electron chi connectivity index (χ0n) is 29.7. The summed E-state index contributed by atoms with van der Waals surface area (Å²) in [6.07, 6.45) is 3.16. The van der Waals surface area contributed by atoms with Crippen molar-refractivity contribution < 1.29 is 69.4 Å². The summed E-state index contributed by atoms with van der Waals surface area (Å²) in [6, 6.07) is 14.0. The minimum Gasteiger partial charge on any atom is -0.507 e. The van der Waals surface area contributed by atoms with Gasteiger partial charge >= 0.3 is 17.9 Å². The number of aryl methyl sites for hydroxylation is 1. The number of carbonyl (C=O) groups excluding carboxylic acids is 2. The zero-order chi connectivity index (χ0) is 39.9. The Balaban J connectivity index is 1.55. The second-order valence-corrected chi connectivity index (χ2v) is 13.9. The molecule has 15 heteroatoms. The first kappa shape index (κ1) is 38.8. The molecule has 1 saturated heterocycles. The van der Waals surface area contributed by atoms with E-state index in [0.717, 1.165) is 23.8 Å². The summed E-state index contributed by atoms with van der Waals surface area (Å²) in [5.74, 6) is -9.58. The molecule has 290 valence electrons. The van der Waals surface area contributed by atoms with Gasteiger partial charge in [0.15, 0.2) is 40.4 Å². The molecule has 2 aliphatic heterocycles. The number of ether oxygens (including phenoxy) is 3. The summed E-state index contributed by atoms with van der Waals surface area (Å²) in [4.78, 5) is 41.2. The van der Waals surface area contributed by atoms with Crippen LogP contribution in [0.2, 0.25) is 0 Å². The van der Waals surface area contributed by atoms with E-state index in [-0.39, 0.29) is 24.2 Å². The Hall–Kier alpha value is -5.87. The molecule has 7 rings (SSSR count). The van der Waals surface area contributed by atoms with E-state index < -0.39 is 93.6 Å². The van der Waals surface area contributed by atoms with Gasteiger partial charge in [-0.2, -0.15) is 0 Å². The van der Waals surface area contributed by atoms with Crippen LogP contribution in [0.5, 0.6) is 23.0 Å². The van der Waals surface area contributed by atoms with Gasteiger partial charge < -0.3 is 55.1 Å². The number of benzene rings is 3. The molecule has 4 aliphatic rings. The minimum atomic E-state index is -2.76. The van der Waals surface area contributed by atoms with Gasteiger partial charge in [-0.3, -0.25) is 5.32 Å². The quantitative estimate of drug-likeness (QED) is 0.0340. The molecule has 55 heavy (non-hydrogen) atoms. The lowest BCUT2D eigenvalue weighted by molar-refractivity contribution is -0.377. The maximum Gasteiger partial charge on any atom is 0.336 e. The SMILES string of the molecule is CCc1cccc(C[C@H]2[C@@H](OC(=O)/C=C(\O)c3ccc(O)c(O)c3)[C@@]3(OC(=O)/C=C/c4ccc(O)c(O)c4)C4(C=CC(CO4)[C@]3(O)NC)C[C@]2(O)C(=O)O)c1. The predicted molar refractivity (Wildman–Crippen MR) is 193 cm³/mol. The Morgan fingerprint density at radius 3 is 2.22 bits per heavy atom. The number of esters is 2. The molecule has 0 aromatic heterocycles. The summed E-state index contributed by atoms with van der Waals surface area (Å²) in [7, 11) is 1.35. The molecule has 2 bridgehead atoms. The molecule has 3 aromatic carbocycles. The molecule has 3 aromatic rings. The van der Waals surface area contributed by atoms with Gasteiger partial charge in [-0.05, 0) is 73.0 Å². The Kier molecular flexibility index (Phi) is 10.2. The van der Waals surface area contributed by atoms with Crippen molar-refractivity contribution in [3.63, 3.8) is 0 Å². The number of nitrogens with one attached hydrogen (secondary N) is 1. The largest absolute Gasteiger partial charge is 0.507 e. The normalized spacial score (nSPS) is 29.8.